The Balaban J connectivity index is 0.000000561. The van der Waals surface area contributed by atoms with E-state index in [2.05, 4.69) is 13.5 Å². The van der Waals surface area contributed by atoms with Gasteiger partial charge in [-0.3, -0.25) is 0 Å². The molecule has 0 aromatic carbocycles. The first-order valence-electron chi connectivity index (χ1n) is 10.7. The summed E-state index contributed by atoms with van der Waals surface area (Å²) < 4.78 is 32.9. The lowest BCUT2D eigenvalue weighted by molar-refractivity contribution is -0.138. The minimum Gasteiger partial charge on any atom is -0.462 e. The second-order valence-corrected chi connectivity index (χ2v) is 15.2. The van der Waals surface area contributed by atoms with Crippen LogP contribution >= 0.6 is 0 Å². The fourth-order valence-electron chi connectivity index (χ4n) is 3.89. The molecule has 0 radical (unpaired) electrons. The largest absolute Gasteiger partial charge is 0.462 e. The van der Waals surface area contributed by atoms with Crippen LogP contribution in [-0.2, 0) is 32.0 Å². The molecular weight excluding hydrogens is 420 g/mol. The van der Waals surface area contributed by atoms with Crippen LogP contribution in [0, 0.1) is 0 Å². The van der Waals surface area contributed by atoms with Crippen molar-refractivity contribution in [1.29, 1.82) is 0 Å². The van der Waals surface area contributed by atoms with Crippen molar-refractivity contribution >= 4 is 23.1 Å². The summed E-state index contributed by atoms with van der Waals surface area (Å²) >= 11 is 0. The predicted octanol–water partition coefficient (Wildman–Crippen LogP) is 4.49. The van der Waals surface area contributed by atoms with E-state index in [9.17, 15) is 4.79 Å². The maximum Gasteiger partial charge on any atom is 0.370 e. The highest BCUT2D eigenvalue weighted by molar-refractivity contribution is 6.70. The second-order valence-electron chi connectivity index (χ2n) is 7.88. The lowest BCUT2D eigenvalue weighted by atomic mass is 10.1. The minimum absolute atomic E-state index is 0.122. The van der Waals surface area contributed by atoms with Crippen molar-refractivity contribution in [2.75, 3.05) is 42.2 Å². The molecule has 1 fully saturated rings. The fourth-order valence-corrected chi connectivity index (χ4v) is 9.24. The summed E-state index contributed by atoms with van der Waals surface area (Å²) in [5, 5.41) is -0.122. The quantitative estimate of drug-likeness (QED) is 0.182. The van der Waals surface area contributed by atoms with E-state index in [0.29, 0.717) is 12.2 Å². The second kappa shape index (κ2) is 14.5. The van der Waals surface area contributed by atoms with Crippen molar-refractivity contribution < 1.29 is 32.0 Å². The van der Waals surface area contributed by atoms with Gasteiger partial charge < -0.3 is 27.2 Å². The molecule has 0 spiro atoms. The highest BCUT2D eigenvalue weighted by Gasteiger charge is 2.58. The number of methoxy groups -OCH3 is 1. The number of carbonyl (C=O) groups is 1. The Morgan fingerprint density at radius 3 is 2.13 bits per heavy atom. The number of hydrogen-bond acceptors (Lipinski definition) is 7. The van der Waals surface area contributed by atoms with Gasteiger partial charge in [0.15, 0.2) is 0 Å². The van der Waals surface area contributed by atoms with Gasteiger partial charge in [0.2, 0.25) is 0 Å². The Bertz CT molecular complexity index is 504. The van der Waals surface area contributed by atoms with Crippen LogP contribution in [0.2, 0.25) is 18.6 Å². The predicted molar refractivity (Wildman–Crippen MR) is 124 cm³/mol. The summed E-state index contributed by atoms with van der Waals surface area (Å²) in [5.41, 5.74) is 0.425. The number of esters is 1. The monoisotopic (exact) mass is 464 g/mol. The zero-order valence-corrected chi connectivity index (χ0v) is 22.4. The van der Waals surface area contributed by atoms with Crippen molar-refractivity contribution in [3.05, 3.63) is 12.2 Å². The van der Waals surface area contributed by atoms with Gasteiger partial charge in [-0.05, 0) is 44.8 Å². The Hall–Kier alpha value is -0.556. The summed E-state index contributed by atoms with van der Waals surface area (Å²) in [6.07, 6.45) is 6.46. The average molecular weight is 465 g/mol. The molecule has 30 heavy (non-hydrogen) atoms. The Kier molecular flexibility index (Phi) is 14.2. The van der Waals surface area contributed by atoms with E-state index in [1.807, 2.05) is 6.55 Å². The molecular formula is C21H44O7Si2. The Labute approximate surface area is 185 Å². The van der Waals surface area contributed by atoms with Crippen molar-refractivity contribution in [3.8, 4) is 0 Å². The highest BCUT2D eigenvalue weighted by atomic mass is 28.4. The molecule has 178 valence electrons. The fraction of sp³-hybridized carbons (Fsp3) is 0.857. The molecule has 0 aromatic heterocycles. The van der Waals surface area contributed by atoms with Crippen molar-refractivity contribution in [1.82, 2.24) is 0 Å². The number of rotatable bonds is 12. The van der Waals surface area contributed by atoms with Crippen LogP contribution in [0.1, 0.15) is 52.4 Å². The molecule has 0 saturated carbocycles. The summed E-state index contributed by atoms with van der Waals surface area (Å²) in [6.45, 7) is 9.69. The van der Waals surface area contributed by atoms with E-state index in [1.165, 1.54) is 12.8 Å². The lowest BCUT2D eigenvalue weighted by Crippen LogP contribution is -2.64. The third-order valence-corrected chi connectivity index (χ3v) is 13.4. The molecule has 1 saturated heterocycles. The normalized spacial score (nSPS) is 20.8. The first-order chi connectivity index (χ1) is 14.1. The molecule has 1 heterocycles. The van der Waals surface area contributed by atoms with Gasteiger partial charge in [0.1, 0.15) is 5.22 Å². The van der Waals surface area contributed by atoms with E-state index in [0.717, 1.165) is 37.8 Å². The van der Waals surface area contributed by atoms with Crippen LogP contribution in [0.3, 0.4) is 0 Å². The topological polar surface area (TPSA) is 72.5 Å². The molecule has 7 nitrogen and oxygen atoms in total. The molecule has 0 aromatic rings. The molecule has 0 amide bonds. The maximum atomic E-state index is 11.0. The van der Waals surface area contributed by atoms with Crippen LogP contribution in [0.5, 0.6) is 0 Å². The third kappa shape index (κ3) is 8.18. The van der Waals surface area contributed by atoms with Crippen LogP contribution < -0.4 is 0 Å². The molecule has 1 atom stereocenters. The molecule has 1 aliphatic heterocycles. The first-order valence-corrected chi connectivity index (χ1v) is 15.3. The molecule has 0 aliphatic carbocycles. The van der Waals surface area contributed by atoms with Crippen LogP contribution in [0.15, 0.2) is 12.2 Å². The van der Waals surface area contributed by atoms with Gasteiger partial charge >= 0.3 is 23.1 Å². The van der Waals surface area contributed by atoms with Crippen molar-refractivity contribution in [3.63, 3.8) is 0 Å². The molecule has 1 rings (SSSR count). The highest BCUT2D eigenvalue weighted by Crippen LogP contribution is 2.42. The third-order valence-electron chi connectivity index (χ3n) is 5.96. The molecule has 0 bridgehead atoms. The Morgan fingerprint density at radius 1 is 1.10 bits per heavy atom. The van der Waals surface area contributed by atoms with E-state index in [1.54, 1.807) is 42.5 Å². The minimum atomic E-state index is -2.15. The van der Waals surface area contributed by atoms with Crippen LogP contribution in [0.4, 0.5) is 0 Å². The summed E-state index contributed by atoms with van der Waals surface area (Å²) in [7, 11) is 4.50. The molecule has 9 heteroatoms. The zero-order chi connectivity index (χ0) is 23.3. The van der Waals surface area contributed by atoms with Crippen LogP contribution in [0.25, 0.3) is 0 Å². The number of carbonyl (C=O) groups excluding carboxylic acids is 1. The average Bonchev–Trinajstić information content (AvgIpc) is 2.77. The smallest absolute Gasteiger partial charge is 0.370 e. The van der Waals surface area contributed by atoms with Crippen molar-refractivity contribution in [2.45, 2.75) is 76.2 Å². The molecule has 1 aliphatic rings. The van der Waals surface area contributed by atoms with E-state index < -0.39 is 17.1 Å². The Morgan fingerprint density at radius 2 is 1.70 bits per heavy atom. The first kappa shape index (κ1) is 29.4. The van der Waals surface area contributed by atoms with E-state index in [4.69, 9.17) is 27.2 Å². The van der Waals surface area contributed by atoms with Gasteiger partial charge in [0, 0.05) is 41.1 Å². The zero-order valence-electron chi connectivity index (χ0n) is 20.4. The SMILES string of the molecule is C=C(C)C(=O)OCCC[Si](C)(OC)OC.CCCC1(OC)CCCC[Si]1(OC)OC. The lowest BCUT2D eigenvalue weighted by Gasteiger charge is -2.47. The van der Waals surface area contributed by atoms with Crippen molar-refractivity contribution in [2.24, 2.45) is 0 Å². The van der Waals surface area contributed by atoms with E-state index >= 15 is 0 Å². The summed E-state index contributed by atoms with van der Waals surface area (Å²) in [6, 6.07) is 1.87. The van der Waals surface area contributed by atoms with Gasteiger partial charge in [-0.15, -0.1) is 0 Å². The summed E-state index contributed by atoms with van der Waals surface area (Å²) in [5.74, 6) is -0.340. The number of hydrogen-bond donors (Lipinski definition) is 0. The van der Waals surface area contributed by atoms with Crippen LogP contribution in [-0.4, -0.2) is 70.5 Å². The maximum absolute atomic E-state index is 11.0. The van der Waals surface area contributed by atoms with Gasteiger partial charge in [-0.25, -0.2) is 4.79 Å². The van der Waals surface area contributed by atoms with Gasteiger partial charge in [0.05, 0.1) is 6.61 Å². The van der Waals surface area contributed by atoms with Gasteiger partial charge in [-0.2, -0.15) is 0 Å². The molecule has 0 N–H and O–H groups in total. The number of ether oxygens (including phenoxy) is 2. The van der Waals surface area contributed by atoms with E-state index in [-0.39, 0.29) is 11.2 Å². The van der Waals surface area contributed by atoms with Gasteiger partial charge in [-0.1, -0.05) is 32.8 Å². The molecule has 1 unspecified atom stereocenters. The standard InChI is InChI=1S/C11H24O3Si.C10H20O4Si/c1-5-8-11(12-2)9-6-7-10-15(11,13-3)14-4;1-9(2)10(11)14-7-6-8-15(5,12-3)13-4/h5-10H2,1-4H3;1,6-8H2,2-5H3. The van der Waals surface area contributed by atoms with Gasteiger partial charge in [0.25, 0.3) is 0 Å². The summed E-state index contributed by atoms with van der Waals surface area (Å²) in [4.78, 5) is 11.0.